The second-order valence-electron chi connectivity index (χ2n) is 5.67. The van der Waals surface area contributed by atoms with Gasteiger partial charge >= 0.3 is 5.97 Å². The van der Waals surface area contributed by atoms with Crippen LogP contribution in [0.3, 0.4) is 0 Å². The predicted molar refractivity (Wildman–Crippen MR) is 105 cm³/mol. The number of aromatic nitrogens is 3. The van der Waals surface area contributed by atoms with E-state index in [-0.39, 0.29) is 0 Å². The molecule has 0 aliphatic heterocycles. The molecule has 0 spiro atoms. The molecule has 1 aromatic heterocycles. The van der Waals surface area contributed by atoms with E-state index < -0.39 is 5.97 Å². The van der Waals surface area contributed by atoms with Crippen LogP contribution in [-0.2, 0) is 11.2 Å². The number of carbonyl (C=O) groups is 1. The van der Waals surface area contributed by atoms with E-state index in [9.17, 15) is 4.79 Å². The Morgan fingerprint density at radius 3 is 2.85 bits per heavy atom. The molecule has 7 nitrogen and oxygen atoms in total. The molecule has 2 N–H and O–H groups in total. The smallest absolute Gasteiger partial charge is 0.337 e. The fourth-order valence-corrected chi connectivity index (χ4v) is 2.65. The number of nitrogens with one attached hydrogen (secondary N) is 2. The fourth-order valence-electron chi connectivity index (χ4n) is 2.44. The van der Waals surface area contributed by atoms with Crippen molar-refractivity contribution in [3.05, 3.63) is 70.9 Å². The van der Waals surface area contributed by atoms with Gasteiger partial charge in [-0.05, 0) is 42.3 Å². The highest BCUT2D eigenvalue weighted by Crippen LogP contribution is 2.16. The van der Waals surface area contributed by atoms with E-state index in [2.05, 4.69) is 25.8 Å². The van der Waals surface area contributed by atoms with E-state index in [0.717, 1.165) is 17.0 Å². The van der Waals surface area contributed by atoms with Crippen molar-refractivity contribution in [2.24, 2.45) is 0 Å². The van der Waals surface area contributed by atoms with Crippen molar-refractivity contribution < 1.29 is 9.53 Å². The number of hydrogen-bond donors (Lipinski definition) is 2. The van der Waals surface area contributed by atoms with Crippen molar-refractivity contribution >= 4 is 35.0 Å². The lowest BCUT2D eigenvalue weighted by molar-refractivity contribution is 0.0601. The topological polar surface area (TPSA) is 89.0 Å². The molecule has 1 heterocycles. The molecule has 3 aromatic rings. The van der Waals surface area contributed by atoms with E-state index >= 15 is 0 Å². The standard InChI is InChI=1S/C19H18ClN5O2/c1-27-18(26)14-5-3-7-16(11-14)23-19-24-17(12-22-25-19)21-9-8-13-4-2-6-15(20)10-13/h2-7,10-12H,8-9H2,1H3,(H2,21,23,24,25). The van der Waals surface area contributed by atoms with Gasteiger partial charge in [0.15, 0.2) is 5.82 Å². The van der Waals surface area contributed by atoms with Crippen molar-refractivity contribution in [2.75, 3.05) is 24.3 Å². The van der Waals surface area contributed by atoms with E-state index in [1.165, 1.54) is 7.11 Å². The summed E-state index contributed by atoms with van der Waals surface area (Å²) in [5.74, 6) is 0.512. The lowest BCUT2D eigenvalue weighted by atomic mass is 10.1. The third-order valence-corrected chi connectivity index (χ3v) is 3.94. The second kappa shape index (κ2) is 8.95. The maximum absolute atomic E-state index is 11.6. The molecule has 3 rings (SSSR count). The molecule has 0 unspecified atom stereocenters. The van der Waals surface area contributed by atoms with E-state index in [1.54, 1.807) is 30.5 Å². The molecule has 2 aromatic carbocycles. The fraction of sp³-hybridized carbons (Fsp3) is 0.158. The Hall–Kier alpha value is -3.19. The lowest BCUT2D eigenvalue weighted by Gasteiger charge is -2.08. The zero-order chi connectivity index (χ0) is 19.1. The monoisotopic (exact) mass is 383 g/mol. The number of esters is 1. The van der Waals surface area contributed by atoms with Crippen LogP contribution in [0.4, 0.5) is 17.5 Å². The Balaban J connectivity index is 1.61. The van der Waals surface area contributed by atoms with Gasteiger partial charge in [-0.3, -0.25) is 0 Å². The normalized spacial score (nSPS) is 10.3. The Kier molecular flexibility index (Phi) is 6.17. The van der Waals surface area contributed by atoms with Crippen LogP contribution < -0.4 is 10.6 Å². The number of carbonyl (C=O) groups excluding carboxylic acids is 1. The molecule has 0 saturated heterocycles. The number of hydrogen-bond acceptors (Lipinski definition) is 7. The average Bonchev–Trinajstić information content (AvgIpc) is 2.68. The minimum atomic E-state index is -0.408. The second-order valence-corrected chi connectivity index (χ2v) is 6.11. The van der Waals surface area contributed by atoms with Crippen LogP contribution in [0.5, 0.6) is 0 Å². The summed E-state index contributed by atoms with van der Waals surface area (Å²) in [6, 6.07) is 14.6. The van der Waals surface area contributed by atoms with Crippen LogP contribution in [0.1, 0.15) is 15.9 Å². The summed E-state index contributed by atoms with van der Waals surface area (Å²) in [7, 11) is 1.34. The highest BCUT2D eigenvalue weighted by Gasteiger charge is 2.07. The van der Waals surface area contributed by atoms with Crippen LogP contribution >= 0.6 is 11.6 Å². The number of methoxy groups -OCH3 is 1. The Morgan fingerprint density at radius 2 is 2.04 bits per heavy atom. The van der Waals surface area contributed by atoms with Gasteiger partial charge in [0, 0.05) is 17.3 Å². The molecule has 0 aliphatic carbocycles. The minimum absolute atomic E-state index is 0.324. The van der Waals surface area contributed by atoms with Crippen molar-refractivity contribution in [1.82, 2.24) is 15.2 Å². The van der Waals surface area contributed by atoms with Gasteiger partial charge in [-0.25, -0.2) is 4.79 Å². The van der Waals surface area contributed by atoms with Crippen molar-refractivity contribution in [1.29, 1.82) is 0 Å². The molecule has 0 radical (unpaired) electrons. The lowest BCUT2D eigenvalue weighted by Crippen LogP contribution is -2.09. The van der Waals surface area contributed by atoms with Crippen LogP contribution in [0.2, 0.25) is 5.02 Å². The zero-order valence-corrected chi connectivity index (χ0v) is 15.4. The van der Waals surface area contributed by atoms with Crippen molar-refractivity contribution in [3.8, 4) is 0 Å². The van der Waals surface area contributed by atoms with Gasteiger partial charge < -0.3 is 15.4 Å². The largest absolute Gasteiger partial charge is 0.465 e. The molecule has 0 saturated carbocycles. The first-order chi connectivity index (χ1) is 13.1. The Labute approximate surface area is 161 Å². The first kappa shape index (κ1) is 18.6. The summed E-state index contributed by atoms with van der Waals surface area (Å²) in [5, 5.41) is 14.9. The number of halogens is 1. The Bertz CT molecular complexity index is 935. The zero-order valence-electron chi connectivity index (χ0n) is 14.6. The number of nitrogens with zero attached hydrogens (tertiary/aromatic N) is 3. The van der Waals surface area contributed by atoms with Crippen LogP contribution in [-0.4, -0.2) is 34.8 Å². The summed E-state index contributed by atoms with van der Waals surface area (Å²) in [6.45, 7) is 0.677. The third-order valence-electron chi connectivity index (χ3n) is 3.71. The molecule has 8 heteroatoms. The molecule has 27 heavy (non-hydrogen) atoms. The third kappa shape index (κ3) is 5.39. The highest BCUT2D eigenvalue weighted by molar-refractivity contribution is 6.30. The number of anilines is 3. The SMILES string of the molecule is COC(=O)c1cccc(Nc2nncc(NCCc3cccc(Cl)c3)n2)c1. The number of benzene rings is 2. The predicted octanol–water partition coefficient (Wildman–Crippen LogP) is 3.71. The van der Waals surface area contributed by atoms with Crippen LogP contribution in [0.15, 0.2) is 54.7 Å². The number of rotatable bonds is 7. The first-order valence-electron chi connectivity index (χ1n) is 8.27. The van der Waals surface area contributed by atoms with Crippen molar-refractivity contribution in [2.45, 2.75) is 6.42 Å². The molecule has 0 fully saturated rings. The van der Waals surface area contributed by atoms with Gasteiger partial charge in [0.1, 0.15) is 0 Å². The summed E-state index contributed by atoms with van der Waals surface area (Å²) >= 11 is 5.99. The molecule has 0 bridgehead atoms. The van der Waals surface area contributed by atoms with Gasteiger partial charge in [-0.15, -0.1) is 5.10 Å². The van der Waals surface area contributed by atoms with Crippen LogP contribution in [0.25, 0.3) is 0 Å². The average molecular weight is 384 g/mol. The molecule has 138 valence electrons. The maximum Gasteiger partial charge on any atom is 0.337 e. The van der Waals surface area contributed by atoms with Gasteiger partial charge in [-0.1, -0.05) is 29.8 Å². The molecule has 0 amide bonds. The van der Waals surface area contributed by atoms with Crippen molar-refractivity contribution in [3.63, 3.8) is 0 Å². The van der Waals surface area contributed by atoms with Gasteiger partial charge in [0.05, 0.1) is 18.9 Å². The minimum Gasteiger partial charge on any atom is -0.465 e. The quantitative estimate of drug-likeness (QED) is 0.601. The van der Waals surface area contributed by atoms with Gasteiger partial charge in [0.2, 0.25) is 5.95 Å². The maximum atomic E-state index is 11.6. The number of ether oxygens (including phenoxy) is 1. The van der Waals surface area contributed by atoms with E-state index in [0.29, 0.717) is 29.6 Å². The molecular formula is C19H18ClN5O2. The highest BCUT2D eigenvalue weighted by atomic mass is 35.5. The molecule has 0 aliphatic rings. The van der Waals surface area contributed by atoms with E-state index in [1.807, 2.05) is 24.3 Å². The molecule has 0 atom stereocenters. The summed E-state index contributed by atoms with van der Waals surface area (Å²) in [5.41, 5.74) is 2.23. The summed E-state index contributed by atoms with van der Waals surface area (Å²) < 4.78 is 4.72. The first-order valence-corrected chi connectivity index (χ1v) is 8.65. The van der Waals surface area contributed by atoms with E-state index in [4.69, 9.17) is 16.3 Å². The molecular weight excluding hydrogens is 366 g/mol. The van der Waals surface area contributed by atoms with Gasteiger partial charge in [0.25, 0.3) is 0 Å². The Morgan fingerprint density at radius 1 is 1.19 bits per heavy atom. The van der Waals surface area contributed by atoms with Crippen LogP contribution in [0, 0.1) is 0 Å². The summed E-state index contributed by atoms with van der Waals surface area (Å²) in [4.78, 5) is 16.0. The summed E-state index contributed by atoms with van der Waals surface area (Å²) in [6.07, 6.45) is 2.35. The van der Waals surface area contributed by atoms with Gasteiger partial charge in [-0.2, -0.15) is 10.1 Å².